The average Bonchev–Trinajstić information content (AvgIpc) is 2.90. The van der Waals surface area contributed by atoms with Crippen LogP contribution in [0.5, 0.6) is 0 Å². The lowest BCUT2D eigenvalue weighted by atomic mass is 9.66. The van der Waals surface area contributed by atoms with Crippen LogP contribution < -0.4 is 0 Å². The van der Waals surface area contributed by atoms with Gasteiger partial charge in [-0.3, -0.25) is 19.1 Å². The van der Waals surface area contributed by atoms with Crippen LogP contribution in [0, 0.1) is 5.41 Å². The van der Waals surface area contributed by atoms with Crippen molar-refractivity contribution in [2.45, 2.75) is 45.1 Å². The topological polar surface area (TPSA) is 42.3 Å². The van der Waals surface area contributed by atoms with Crippen LogP contribution in [0.15, 0.2) is 24.3 Å². The van der Waals surface area contributed by atoms with Gasteiger partial charge in [0.2, 0.25) is 5.78 Å². The molecule has 0 N–H and O–H groups in total. The van der Waals surface area contributed by atoms with Gasteiger partial charge in [0.1, 0.15) is 0 Å². The fourth-order valence-electron chi connectivity index (χ4n) is 5.54. The number of Topliss-reactive ketones (excluding diaryl/α,β-unsaturated/α-hetero) is 1. The number of aromatic nitrogens is 1. The summed E-state index contributed by atoms with van der Waals surface area (Å²) in [6, 6.07) is 8.31. The Balaban J connectivity index is 1.90. The summed E-state index contributed by atoms with van der Waals surface area (Å²) in [7, 11) is 0. The van der Waals surface area contributed by atoms with E-state index in [1.807, 2.05) is 18.2 Å². The largest absolute Gasteiger partial charge is 0.298 e. The molecule has 2 aromatic rings. The Bertz CT molecular complexity index is 881. The maximum atomic E-state index is 13.0. The zero-order valence-electron chi connectivity index (χ0n) is 14.0. The minimum atomic E-state index is -0.323. The molecular formula is C20H22N2O2. The fourth-order valence-corrected chi connectivity index (χ4v) is 5.54. The van der Waals surface area contributed by atoms with Gasteiger partial charge in [0.15, 0.2) is 0 Å². The first-order chi connectivity index (χ1) is 11.7. The Labute approximate surface area is 141 Å². The molecule has 0 bridgehead atoms. The molecular weight excluding hydrogens is 300 g/mol. The SMILES string of the molecule is CC[C@]12CCCN3CCc4c(n(c5ccccc45)C(=O)C(=O)C1)[C@@H]32. The highest BCUT2D eigenvalue weighted by molar-refractivity contribution is 6.38. The molecule has 2 atom stereocenters. The lowest BCUT2D eigenvalue weighted by Crippen LogP contribution is -2.49. The molecule has 24 heavy (non-hydrogen) atoms. The fraction of sp³-hybridized carbons (Fsp3) is 0.500. The molecule has 0 unspecified atom stereocenters. The van der Waals surface area contributed by atoms with Gasteiger partial charge in [-0.1, -0.05) is 25.1 Å². The summed E-state index contributed by atoms with van der Waals surface area (Å²) < 4.78 is 1.77. The first-order valence-corrected chi connectivity index (χ1v) is 9.10. The third-order valence-electron chi connectivity index (χ3n) is 6.65. The van der Waals surface area contributed by atoms with Gasteiger partial charge in [-0.2, -0.15) is 0 Å². The number of fused-ring (bicyclic) bond motifs is 3. The summed E-state index contributed by atoms with van der Waals surface area (Å²) in [4.78, 5) is 28.3. The number of piperidine rings is 1. The minimum Gasteiger partial charge on any atom is -0.294 e. The smallest absolute Gasteiger partial charge is 0.294 e. The predicted octanol–water partition coefficient (Wildman–Crippen LogP) is 3.34. The molecule has 124 valence electrons. The third-order valence-corrected chi connectivity index (χ3v) is 6.65. The van der Waals surface area contributed by atoms with Crippen LogP contribution in [0.3, 0.4) is 0 Å². The van der Waals surface area contributed by atoms with Crippen molar-refractivity contribution in [3.63, 3.8) is 0 Å². The lowest BCUT2D eigenvalue weighted by molar-refractivity contribution is -0.120. The number of carbonyl (C=O) groups is 2. The van der Waals surface area contributed by atoms with E-state index in [2.05, 4.69) is 17.9 Å². The summed E-state index contributed by atoms with van der Waals surface area (Å²) in [6.07, 6.45) is 4.50. The van der Waals surface area contributed by atoms with Crippen LogP contribution in [0.25, 0.3) is 10.9 Å². The zero-order chi connectivity index (χ0) is 16.5. The molecule has 1 fully saturated rings. The highest BCUT2D eigenvalue weighted by Crippen LogP contribution is 2.55. The summed E-state index contributed by atoms with van der Waals surface area (Å²) >= 11 is 0. The molecule has 4 heterocycles. The molecule has 3 aliphatic heterocycles. The quantitative estimate of drug-likeness (QED) is 0.756. The van der Waals surface area contributed by atoms with Gasteiger partial charge in [-0.15, -0.1) is 0 Å². The van der Waals surface area contributed by atoms with Gasteiger partial charge in [-0.25, -0.2) is 0 Å². The lowest BCUT2D eigenvalue weighted by Gasteiger charge is -2.51. The van der Waals surface area contributed by atoms with E-state index in [1.165, 1.54) is 5.56 Å². The van der Waals surface area contributed by atoms with Crippen LogP contribution in [0.2, 0.25) is 0 Å². The molecule has 4 heteroatoms. The van der Waals surface area contributed by atoms with Crippen molar-refractivity contribution in [3.8, 4) is 0 Å². The first-order valence-electron chi connectivity index (χ1n) is 9.10. The van der Waals surface area contributed by atoms with E-state index >= 15 is 0 Å². The Hall–Kier alpha value is -1.94. The van der Waals surface area contributed by atoms with Crippen LogP contribution in [0.4, 0.5) is 0 Å². The second-order valence-electron chi connectivity index (χ2n) is 7.63. The normalized spacial score (nSPS) is 29.6. The van der Waals surface area contributed by atoms with Crippen molar-refractivity contribution in [2.75, 3.05) is 13.1 Å². The average molecular weight is 322 g/mol. The van der Waals surface area contributed by atoms with Crippen molar-refractivity contribution >= 4 is 22.6 Å². The second kappa shape index (κ2) is 4.79. The molecule has 1 aromatic heterocycles. The number of nitrogens with zero attached hydrogens (tertiary/aromatic N) is 2. The molecule has 0 saturated carbocycles. The van der Waals surface area contributed by atoms with E-state index in [4.69, 9.17) is 0 Å². The van der Waals surface area contributed by atoms with Crippen LogP contribution in [-0.2, 0) is 11.2 Å². The predicted molar refractivity (Wildman–Crippen MR) is 92.2 cm³/mol. The molecule has 0 aliphatic carbocycles. The van der Waals surface area contributed by atoms with Crippen molar-refractivity contribution < 1.29 is 9.59 Å². The molecule has 1 saturated heterocycles. The van der Waals surface area contributed by atoms with Crippen molar-refractivity contribution in [1.82, 2.24) is 9.47 Å². The Morgan fingerprint density at radius 2 is 2.04 bits per heavy atom. The monoisotopic (exact) mass is 322 g/mol. The van der Waals surface area contributed by atoms with E-state index in [9.17, 15) is 9.59 Å². The number of ketones is 1. The Kier molecular flexibility index (Phi) is 2.88. The third kappa shape index (κ3) is 1.62. The maximum Gasteiger partial charge on any atom is 0.298 e. The molecule has 4 nitrogen and oxygen atoms in total. The van der Waals surface area contributed by atoms with E-state index in [0.717, 1.165) is 55.4 Å². The van der Waals surface area contributed by atoms with Gasteiger partial charge in [-0.05, 0) is 49.3 Å². The Morgan fingerprint density at radius 1 is 1.21 bits per heavy atom. The highest BCUT2D eigenvalue weighted by atomic mass is 16.2. The summed E-state index contributed by atoms with van der Waals surface area (Å²) in [6.45, 7) is 4.30. The van der Waals surface area contributed by atoms with Gasteiger partial charge >= 0.3 is 0 Å². The van der Waals surface area contributed by atoms with Crippen LogP contribution in [0.1, 0.15) is 54.7 Å². The van der Waals surface area contributed by atoms with E-state index in [-0.39, 0.29) is 23.1 Å². The van der Waals surface area contributed by atoms with Gasteiger partial charge < -0.3 is 0 Å². The van der Waals surface area contributed by atoms with Crippen molar-refractivity contribution in [1.29, 1.82) is 0 Å². The van der Waals surface area contributed by atoms with Gasteiger partial charge in [0.05, 0.1) is 11.6 Å². The minimum absolute atomic E-state index is 0.0806. The summed E-state index contributed by atoms with van der Waals surface area (Å²) in [5.41, 5.74) is 3.26. The van der Waals surface area contributed by atoms with Crippen molar-refractivity contribution in [2.24, 2.45) is 5.41 Å². The van der Waals surface area contributed by atoms with E-state index in [0.29, 0.717) is 6.42 Å². The molecule has 0 spiro atoms. The molecule has 0 radical (unpaired) electrons. The Morgan fingerprint density at radius 3 is 2.88 bits per heavy atom. The molecule has 0 amide bonds. The maximum absolute atomic E-state index is 13.0. The zero-order valence-corrected chi connectivity index (χ0v) is 14.0. The first kappa shape index (κ1) is 14.4. The molecule has 3 aliphatic rings. The van der Waals surface area contributed by atoms with Crippen LogP contribution in [-0.4, -0.2) is 34.2 Å². The summed E-state index contributed by atoms with van der Waals surface area (Å²) in [5, 5.41) is 1.16. The number of para-hydroxylation sites is 1. The number of benzene rings is 1. The molecule has 1 aromatic carbocycles. The van der Waals surface area contributed by atoms with Crippen molar-refractivity contribution in [3.05, 3.63) is 35.5 Å². The van der Waals surface area contributed by atoms with Gasteiger partial charge in [0.25, 0.3) is 5.91 Å². The number of rotatable bonds is 1. The van der Waals surface area contributed by atoms with Gasteiger partial charge in [0, 0.05) is 24.0 Å². The number of hydrogen-bond donors (Lipinski definition) is 0. The van der Waals surface area contributed by atoms with E-state index in [1.54, 1.807) is 4.57 Å². The summed E-state index contributed by atoms with van der Waals surface area (Å²) in [5.74, 6) is -0.534. The van der Waals surface area contributed by atoms with E-state index < -0.39 is 0 Å². The van der Waals surface area contributed by atoms with Crippen LogP contribution >= 0.6 is 0 Å². The second-order valence-corrected chi connectivity index (χ2v) is 7.63. The molecule has 5 rings (SSSR count). The number of carbonyl (C=O) groups excluding carboxylic acids is 2. The number of hydrogen-bond acceptors (Lipinski definition) is 3. The standard InChI is InChI=1S/C20H22N2O2/c1-2-20-9-5-10-21-11-8-14-13-6-3-4-7-15(13)22(17(14)18(20)21)19(24)16(23)12-20/h3-4,6-7,18H,2,5,8-12H2,1H3/t18-,20+/m1/s1. The highest BCUT2D eigenvalue weighted by Gasteiger charge is 2.52.